The lowest BCUT2D eigenvalue weighted by Gasteiger charge is -2.20. The fraction of sp³-hybridized carbons (Fsp3) is 0.769. The second kappa shape index (κ2) is 5.37. The van der Waals surface area contributed by atoms with Gasteiger partial charge in [0.05, 0.1) is 5.69 Å². The number of oxazole rings is 1. The molecule has 0 spiro atoms. The molecule has 0 unspecified atom stereocenters. The number of rotatable bonds is 4. The average Bonchev–Trinajstić information content (AvgIpc) is 2.69. The molecule has 1 heterocycles. The van der Waals surface area contributed by atoms with Gasteiger partial charge in [0.2, 0.25) is 0 Å². The van der Waals surface area contributed by atoms with Gasteiger partial charge in [0.15, 0.2) is 0 Å². The molecule has 3 heteroatoms. The minimum Gasteiger partial charge on any atom is -0.429 e. The summed E-state index contributed by atoms with van der Waals surface area (Å²) in [7, 11) is 1.84. The summed E-state index contributed by atoms with van der Waals surface area (Å²) in [6.07, 6.45) is 9.40. The molecule has 0 bridgehead atoms. The van der Waals surface area contributed by atoms with E-state index in [1.807, 2.05) is 14.0 Å². The lowest BCUT2D eigenvalue weighted by molar-refractivity contribution is 0.331. The van der Waals surface area contributed by atoms with Gasteiger partial charge in [-0.2, -0.15) is 4.98 Å². The van der Waals surface area contributed by atoms with Gasteiger partial charge in [-0.05, 0) is 19.3 Å². The summed E-state index contributed by atoms with van der Waals surface area (Å²) in [5.74, 6) is 1.98. The predicted octanol–water partition coefficient (Wildman–Crippen LogP) is 3.54. The van der Waals surface area contributed by atoms with E-state index in [1.165, 1.54) is 38.5 Å². The maximum atomic E-state index is 5.63. The van der Waals surface area contributed by atoms with Crippen LogP contribution in [0.4, 0.5) is 6.01 Å². The minimum absolute atomic E-state index is 0.649. The monoisotopic (exact) mass is 222 g/mol. The number of hydrogen-bond acceptors (Lipinski definition) is 3. The fourth-order valence-corrected chi connectivity index (χ4v) is 2.58. The Hall–Kier alpha value is -0.990. The number of anilines is 1. The fourth-order valence-electron chi connectivity index (χ4n) is 2.58. The van der Waals surface area contributed by atoms with Gasteiger partial charge in [-0.3, -0.25) is 0 Å². The lowest BCUT2D eigenvalue weighted by atomic mass is 9.86. The highest BCUT2D eigenvalue weighted by Crippen LogP contribution is 2.28. The van der Waals surface area contributed by atoms with Crippen LogP contribution >= 0.6 is 0 Å². The van der Waals surface area contributed by atoms with Crippen molar-refractivity contribution in [1.29, 1.82) is 0 Å². The summed E-state index contributed by atoms with van der Waals surface area (Å²) in [4.78, 5) is 4.32. The number of aryl methyl sites for hydroxylation is 2. The highest BCUT2D eigenvalue weighted by molar-refractivity contribution is 5.23. The highest BCUT2D eigenvalue weighted by atomic mass is 16.4. The second-order valence-corrected chi connectivity index (χ2v) is 4.82. The first-order valence-corrected chi connectivity index (χ1v) is 6.43. The zero-order valence-electron chi connectivity index (χ0n) is 10.4. The first-order valence-electron chi connectivity index (χ1n) is 6.43. The Kier molecular flexibility index (Phi) is 3.86. The summed E-state index contributed by atoms with van der Waals surface area (Å²) < 4.78 is 5.63. The molecule has 0 atom stereocenters. The molecule has 0 aromatic carbocycles. The third kappa shape index (κ3) is 2.77. The molecule has 1 aliphatic rings. The van der Waals surface area contributed by atoms with Crippen LogP contribution < -0.4 is 5.32 Å². The summed E-state index contributed by atoms with van der Waals surface area (Å²) >= 11 is 0. The summed E-state index contributed by atoms with van der Waals surface area (Å²) in [6.45, 7) is 2.03. The first kappa shape index (κ1) is 11.5. The van der Waals surface area contributed by atoms with E-state index < -0.39 is 0 Å². The summed E-state index contributed by atoms with van der Waals surface area (Å²) in [5.41, 5.74) is 1.04. The van der Waals surface area contributed by atoms with Crippen molar-refractivity contribution in [2.45, 2.75) is 51.9 Å². The van der Waals surface area contributed by atoms with Gasteiger partial charge in [-0.15, -0.1) is 0 Å². The van der Waals surface area contributed by atoms with Crippen molar-refractivity contribution in [3.8, 4) is 0 Å². The van der Waals surface area contributed by atoms with Crippen LogP contribution in [0.15, 0.2) is 4.42 Å². The van der Waals surface area contributed by atoms with E-state index in [2.05, 4.69) is 10.3 Å². The van der Waals surface area contributed by atoms with Gasteiger partial charge < -0.3 is 9.73 Å². The normalized spacial score (nSPS) is 17.6. The quantitative estimate of drug-likeness (QED) is 0.846. The molecule has 0 saturated heterocycles. The topological polar surface area (TPSA) is 38.1 Å². The molecule has 16 heavy (non-hydrogen) atoms. The SMILES string of the molecule is CNc1nc(C)c(CCC2CCCCC2)o1. The number of nitrogens with zero attached hydrogens (tertiary/aromatic N) is 1. The Morgan fingerprint density at radius 1 is 1.31 bits per heavy atom. The van der Waals surface area contributed by atoms with E-state index >= 15 is 0 Å². The minimum atomic E-state index is 0.649. The molecule has 0 aliphatic heterocycles. The third-order valence-corrected chi connectivity index (χ3v) is 3.61. The van der Waals surface area contributed by atoms with Crippen LogP contribution in [0, 0.1) is 12.8 Å². The highest BCUT2D eigenvalue weighted by Gasteiger charge is 2.15. The molecule has 3 nitrogen and oxygen atoms in total. The van der Waals surface area contributed by atoms with Crippen LogP contribution in [0.2, 0.25) is 0 Å². The zero-order chi connectivity index (χ0) is 11.4. The summed E-state index contributed by atoms with van der Waals surface area (Å²) in [5, 5.41) is 2.95. The van der Waals surface area contributed by atoms with Crippen molar-refractivity contribution < 1.29 is 4.42 Å². The number of aromatic nitrogens is 1. The van der Waals surface area contributed by atoms with Crippen LogP contribution in [0.3, 0.4) is 0 Å². The van der Waals surface area contributed by atoms with Crippen molar-refractivity contribution >= 4 is 6.01 Å². The Balaban J connectivity index is 1.85. The van der Waals surface area contributed by atoms with E-state index in [-0.39, 0.29) is 0 Å². The molecule has 1 N–H and O–H groups in total. The maximum Gasteiger partial charge on any atom is 0.294 e. The molecule has 0 amide bonds. The number of nitrogens with one attached hydrogen (secondary N) is 1. The molecule has 1 saturated carbocycles. The first-order chi connectivity index (χ1) is 7.79. The largest absolute Gasteiger partial charge is 0.429 e. The van der Waals surface area contributed by atoms with E-state index in [9.17, 15) is 0 Å². The van der Waals surface area contributed by atoms with Crippen molar-refractivity contribution in [3.05, 3.63) is 11.5 Å². The molecule has 1 aromatic rings. The molecule has 1 aromatic heterocycles. The van der Waals surface area contributed by atoms with Crippen LogP contribution in [0.25, 0.3) is 0 Å². The molecule has 0 radical (unpaired) electrons. The van der Waals surface area contributed by atoms with Crippen LogP contribution in [-0.4, -0.2) is 12.0 Å². The van der Waals surface area contributed by atoms with Gasteiger partial charge >= 0.3 is 0 Å². The van der Waals surface area contributed by atoms with Gasteiger partial charge in [0.1, 0.15) is 5.76 Å². The zero-order valence-corrected chi connectivity index (χ0v) is 10.4. The van der Waals surface area contributed by atoms with Crippen LogP contribution in [-0.2, 0) is 6.42 Å². The van der Waals surface area contributed by atoms with E-state index in [1.54, 1.807) is 0 Å². The van der Waals surface area contributed by atoms with E-state index in [4.69, 9.17) is 4.42 Å². The van der Waals surface area contributed by atoms with Gasteiger partial charge in [0.25, 0.3) is 6.01 Å². The van der Waals surface area contributed by atoms with Gasteiger partial charge in [-0.1, -0.05) is 32.1 Å². The molecular formula is C13H22N2O. The molecule has 1 fully saturated rings. The van der Waals surface area contributed by atoms with E-state index in [0.717, 1.165) is 23.8 Å². The Bertz CT molecular complexity index is 327. The molecule has 2 rings (SSSR count). The summed E-state index contributed by atoms with van der Waals surface area (Å²) in [6, 6.07) is 0.649. The van der Waals surface area contributed by atoms with E-state index in [0.29, 0.717) is 6.01 Å². The second-order valence-electron chi connectivity index (χ2n) is 4.82. The lowest BCUT2D eigenvalue weighted by Crippen LogP contribution is -2.07. The molecule has 1 aliphatic carbocycles. The van der Waals surface area contributed by atoms with Gasteiger partial charge in [-0.25, -0.2) is 0 Å². The average molecular weight is 222 g/mol. The van der Waals surface area contributed by atoms with Crippen molar-refractivity contribution in [3.63, 3.8) is 0 Å². The van der Waals surface area contributed by atoms with Gasteiger partial charge in [0, 0.05) is 13.5 Å². The Labute approximate surface area is 97.6 Å². The van der Waals surface area contributed by atoms with Crippen molar-refractivity contribution in [1.82, 2.24) is 4.98 Å². The third-order valence-electron chi connectivity index (χ3n) is 3.61. The Morgan fingerprint density at radius 3 is 2.69 bits per heavy atom. The number of hydrogen-bond donors (Lipinski definition) is 1. The van der Waals surface area contributed by atoms with Crippen molar-refractivity contribution in [2.24, 2.45) is 5.92 Å². The van der Waals surface area contributed by atoms with Crippen LogP contribution in [0.1, 0.15) is 50.0 Å². The van der Waals surface area contributed by atoms with Crippen molar-refractivity contribution in [2.75, 3.05) is 12.4 Å². The van der Waals surface area contributed by atoms with Crippen LogP contribution in [0.5, 0.6) is 0 Å². The predicted molar refractivity (Wildman–Crippen MR) is 65.7 cm³/mol. The smallest absolute Gasteiger partial charge is 0.294 e. The standard InChI is InChI=1S/C13H22N2O/c1-10-12(16-13(14-2)15-10)9-8-11-6-4-3-5-7-11/h11H,3-9H2,1-2H3,(H,14,15). The molecule has 90 valence electrons. The Morgan fingerprint density at radius 2 is 2.06 bits per heavy atom. The molecular weight excluding hydrogens is 200 g/mol. The maximum absolute atomic E-state index is 5.63.